The molecule has 0 fully saturated rings. The van der Waals surface area contributed by atoms with Crippen LogP contribution in [0, 0.1) is 0 Å². The van der Waals surface area contributed by atoms with Gasteiger partial charge < -0.3 is 20.5 Å². The predicted molar refractivity (Wildman–Crippen MR) is 103 cm³/mol. The third kappa shape index (κ3) is 7.42. The largest absolute Gasteiger partial charge is 0.382 e. The van der Waals surface area contributed by atoms with Crippen LogP contribution in [0.1, 0.15) is 25.0 Å². The third-order valence-corrected chi connectivity index (χ3v) is 3.20. The molecule has 0 spiro atoms. The van der Waals surface area contributed by atoms with Crippen molar-refractivity contribution in [1.29, 1.82) is 0 Å². The van der Waals surface area contributed by atoms with Crippen LogP contribution in [-0.2, 0) is 22.3 Å². The van der Waals surface area contributed by atoms with Gasteiger partial charge in [-0.2, -0.15) is 0 Å². The Morgan fingerprint density at radius 2 is 1.77 bits per heavy atom. The predicted octanol–water partition coefficient (Wildman–Crippen LogP) is 2.82. The molecular formula is C16H28IN3O2. The number of rotatable bonds is 9. The number of nitrogens with zero attached hydrogens (tertiary/aromatic N) is 1. The summed E-state index contributed by atoms with van der Waals surface area (Å²) in [5.74, 6) is 0.431. The average Bonchev–Trinajstić information content (AvgIpc) is 2.51. The Morgan fingerprint density at radius 1 is 1.14 bits per heavy atom. The summed E-state index contributed by atoms with van der Waals surface area (Å²) in [7, 11) is 1.65. The number of ether oxygens (including phenoxy) is 2. The van der Waals surface area contributed by atoms with E-state index in [0.717, 1.165) is 18.5 Å². The molecule has 126 valence electrons. The van der Waals surface area contributed by atoms with E-state index in [1.54, 1.807) is 7.11 Å². The van der Waals surface area contributed by atoms with Crippen LogP contribution in [0.25, 0.3) is 0 Å². The van der Waals surface area contributed by atoms with Crippen LogP contribution in [0.5, 0.6) is 0 Å². The van der Waals surface area contributed by atoms with E-state index in [2.05, 4.69) is 42.4 Å². The summed E-state index contributed by atoms with van der Waals surface area (Å²) >= 11 is 0. The van der Waals surface area contributed by atoms with Crippen LogP contribution in [-0.4, -0.2) is 39.4 Å². The van der Waals surface area contributed by atoms with Gasteiger partial charge in [0.15, 0.2) is 5.96 Å². The molecule has 0 aliphatic rings. The number of hydrogen-bond donors (Lipinski definition) is 2. The third-order valence-electron chi connectivity index (χ3n) is 3.20. The lowest BCUT2D eigenvalue weighted by Crippen LogP contribution is -2.25. The van der Waals surface area contributed by atoms with E-state index < -0.39 is 0 Å². The highest BCUT2D eigenvalue weighted by Gasteiger charge is 2.06. The zero-order valence-corrected chi connectivity index (χ0v) is 16.1. The van der Waals surface area contributed by atoms with Gasteiger partial charge in [-0.1, -0.05) is 32.0 Å². The van der Waals surface area contributed by atoms with Crippen LogP contribution in [0.15, 0.2) is 23.2 Å². The summed E-state index contributed by atoms with van der Waals surface area (Å²) in [5, 5.41) is 3.23. The Balaban J connectivity index is 0.00000441. The van der Waals surface area contributed by atoms with Gasteiger partial charge in [0.05, 0.1) is 26.4 Å². The minimum absolute atomic E-state index is 0. The van der Waals surface area contributed by atoms with Crippen molar-refractivity contribution in [1.82, 2.24) is 0 Å². The molecule has 0 radical (unpaired) electrons. The summed E-state index contributed by atoms with van der Waals surface area (Å²) in [6.07, 6.45) is 1.92. The van der Waals surface area contributed by atoms with Gasteiger partial charge >= 0.3 is 0 Å². The zero-order valence-electron chi connectivity index (χ0n) is 13.7. The molecule has 6 heteroatoms. The van der Waals surface area contributed by atoms with Crippen molar-refractivity contribution < 1.29 is 9.47 Å². The normalized spacial score (nSPS) is 11.1. The Kier molecular flexibility index (Phi) is 12.2. The molecule has 1 rings (SSSR count). The Labute approximate surface area is 150 Å². The number of anilines is 1. The minimum Gasteiger partial charge on any atom is -0.382 e. The van der Waals surface area contributed by atoms with Crippen molar-refractivity contribution in [3.05, 3.63) is 29.3 Å². The van der Waals surface area contributed by atoms with E-state index in [1.807, 2.05) is 0 Å². The molecule has 0 heterocycles. The highest BCUT2D eigenvalue weighted by atomic mass is 127. The zero-order chi connectivity index (χ0) is 15.5. The molecule has 0 saturated heterocycles. The number of hydrogen-bond acceptors (Lipinski definition) is 3. The Morgan fingerprint density at radius 3 is 2.32 bits per heavy atom. The maximum absolute atomic E-state index is 5.95. The molecule has 0 atom stereocenters. The monoisotopic (exact) mass is 421 g/mol. The second-order valence-electron chi connectivity index (χ2n) is 4.66. The average molecular weight is 421 g/mol. The van der Waals surface area contributed by atoms with Crippen LogP contribution >= 0.6 is 24.0 Å². The molecule has 0 saturated carbocycles. The lowest BCUT2D eigenvalue weighted by molar-refractivity contribution is 0.0748. The maximum atomic E-state index is 5.95. The fourth-order valence-corrected chi connectivity index (χ4v) is 2.05. The van der Waals surface area contributed by atoms with Crippen molar-refractivity contribution in [3.8, 4) is 0 Å². The number of nitrogens with one attached hydrogen (secondary N) is 1. The summed E-state index contributed by atoms with van der Waals surface area (Å²) in [5.41, 5.74) is 9.55. The Bertz CT molecular complexity index is 431. The molecule has 0 bridgehead atoms. The van der Waals surface area contributed by atoms with Gasteiger partial charge in [0.1, 0.15) is 0 Å². The molecule has 0 amide bonds. The molecule has 5 nitrogen and oxygen atoms in total. The molecule has 0 aromatic heterocycles. The topological polar surface area (TPSA) is 68.9 Å². The lowest BCUT2D eigenvalue weighted by atomic mass is 10.0. The van der Waals surface area contributed by atoms with Gasteiger partial charge in [-0.25, -0.2) is 0 Å². The van der Waals surface area contributed by atoms with E-state index >= 15 is 0 Å². The fourth-order valence-electron chi connectivity index (χ4n) is 2.05. The lowest BCUT2D eigenvalue weighted by Gasteiger charge is -2.14. The van der Waals surface area contributed by atoms with E-state index in [-0.39, 0.29) is 24.0 Å². The number of benzene rings is 1. The number of methoxy groups -OCH3 is 1. The SMILES string of the molecule is CCc1cccc(CC)c1NC(N)=NCCOCCOC.I. The molecule has 3 N–H and O–H groups in total. The van der Waals surface area contributed by atoms with E-state index in [0.29, 0.717) is 32.3 Å². The number of nitrogens with two attached hydrogens (primary N) is 1. The van der Waals surface area contributed by atoms with E-state index in [4.69, 9.17) is 15.2 Å². The van der Waals surface area contributed by atoms with Crippen molar-refractivity contribution in [3.63, 3.8) is 0 Å². The number of aryl methyl sites for hydroxylation is 2. The van der Waals surface area contributed by atoms with Crippen molar-refractivity contribution in [2.75, 3.05) is 38.8 Å². The quantitative estimate of drug-likeness (QED) is 0.279. The standard InChI is InChI=1S/C16H27N3O2.HI/c1-4-13-7-6-8-14(5-2)15(13)19-16(17)18-9-10-21-12-11-20-3;/h6-8H,4-5,9-12H2,1-3H3,(H3,17,18,19);1H. The van der Waals surface area contributed by atoms with Gasteiger partial charge in [-0.3, -0.25) is 4.99 Å². The van der Waals surface area contributed by atoms with Gasteiger partial charge in [-0.05, 0) is 24.0 Å². The second kappa shape index (κ2) is 12.7. The molecular weight excluding hydrogens is 393 g/mol. The Hall–Kier alpha value is -0.860. The van der Waals surface area contributed by atoms with E-state index in [9.17, 15) is 0 Å². The molecule has 22 heavy (non-hydrogen) atoms. The summed E-state index contributed by atoms with van der Waals surface area (Å²) in [6.45, 7) is 6.53. The molecule has 1 aromatic carbocycles. The van der Waals surface area contributed by atoms with Gasteiger partial charge in [-0.15, -0.1) is 24.0 Å². The minimum atomic E-state index is 0. The number of guanidine groups is 1. The maximum Gasteiger partial charge on any atom is 0.193 e. The van der Waals surface area contributed by atoms with Crippen molar-refractivity contribution >= 4 is 35.6 Å². The first-order valence-electron chi connectivity index (χ1n) is 7.47. The molecule has 0 aliphatic carbocycles. The number of para-hydroxylation sites is 1. The number of halogens is 1. The highest BCUT2D eigenvalue weighted by Crippen LogP contribution is 2.22. The van der Waals surface area contributed by atoms with Crippen LogP contribution in [0.2, 0.25) is 0 Å². The highest BCUT2D eigenvalue weighted by molar-refractivity contribution is 14.0. The molecule has 0 unspecified atom stereocenters. The van der Waals surface area contributed by atoms with Crippen LogP contribution in [0.3, 0.4) is 0 Å². The molecule has 1 aromatic rings. The first-order valence-corrected chi connectivity index (χ1v) is 7.47. The fraction of sp³-hybridized carbons (Fsp3) is 0.562. The van der Waals surface area contributed by atoms with Crippen LogP contribution in [0.4, 0.5) is 5.69 Å². The smallest absolute Gasteiger partial charge is 0.193 e. The van der Waals surface area contributed by atoms with Gasteiger partial charge in [0.2, 0.25) is 0 Å². The summed E-state index contributed by atoms with van der Waals surface area (Å²) < 4.78 is 10.3. The van der Waals surface area contributed by atoms with Gasteiger partial charge in [0.25, 0.3) is 0 Å². The van der Waals surface area contributed by atoms with Crippen molar-refractivity contribution in [2.45, 2.75) is 26.7 Å². The summed E-state index contributed by atoms with van der Waals surface area (Å²) in [6, 6.07) is 6.31. The van der Waals surface area contributed by atoms with Crippen molar-refractivity contribution in [2.24, 2.45) is 10.7 Å². The van der Waals surface area contributed by atoms with E-state index in [1.165, 1.54) is 11.1 Å². The van der Waals surface area contributed by atoms with Crippen LogP contribution < -0.4 is 11.1 Å². The first-order chi connectivity index (χ1) is 10.2. The number of aliphatic imine (C=N–C) groups is 1. The second-order valence-corrected chi connectivity index (χ2v) is 4.66. The summed E-state index contributed by atoms with van der Waals surface area (Å²) in [4.78, 5) is 4.29. The molecule has 0 aliphatic heterocycles. The first kappa shape index (κ1) is 21.1. The van der Waals surface area contributed by atoms with Gasteiger partial charge in [0, 0.05) is 12.8 Å².